The molecule has 0 fully saturated rings. The number of halogens is 2. The average Bonchev–Trinajstić information content (AvgIpc) is 3.03. The standard InChI is InChI=1S/C33H33Cl2N3O4S2/c1-23-9-13-27(14-10-23)38(44(41,42)29-17-15-28(43-3)16-18-29)22-32(39)37(21-25-11-12-26(34)20-30(25)35)31(33(40)36-2)19-24-7-5-4-6-8-24/h4-18,20,31H,19,21-22H2,1-3H3,(H,36,40)/t31-/m1/s1. The van der Waals surface area contributed by atoms with Crippen LogP contribution in [-0.4, -0.2) is 51.0 Å². The van der Waals surface area contributed by atoms with Gasteiger partial charge in [-0.15, -0.1) is 11.8 Å². The summed E-state index contributed by atoms with van der Waals surface area (Å²) >= 11 is 14.1. The van der Waals surface area contributed by atoms with Crippen LogP contribution < -0.4 is 9.62 Å². The Morgan fingerprint density at radius 1 is 0.909 bits per heavy atom. The SMILES string of the molecule is CNC(=O)[C@@H](Cc1ccccc1)N(Cc1ccc(Cl)cc1Cl)C(=O)CN(c1ccc(C)cc1)S(=O)(=O)c1ccc(SC)cc1. The molecular formula is C33H33Cl2N3O4S2. The van der Waals surface area contributed by atoms with Gasteiger partial charge < -0.3 is 10.2 Å². The molecule has 0 heterocycles. The molecule has 230 valence electrons. The van der Waals surface area contributed by atoms with Crippen molar-refractivity contribution in [3.05, 3.63) is 124 Å². The number of thioether (sulfide) groups is 1. The number of nitrogens with zero attached hydrogens (tertiary/aromatic N) is 2. The number of carbonyl (C=O) groups is 2. The third-order valence-corrected chi connectivity index (χ3v) is 10.2. The largest absolute Gasteiger partial charge is 0.357 e. The first-order valence-corrected chi connectivity index (χ1v) is 17.2. The molecule has 4 rings (SSSR count). The molecule has 0 radical (unpaired) electrons. The number of likely N-dealkylation sites (N-methyl/N-ethyl adjacent to an activating group) is 1. The number of benzene rings is 4. The van der Waals surface area contributed by atoms with Crippen molar-refractivity contribution in [1.29, 1.82) is 0 Å². The summed E-state index contributed by atoms with van der Waals surface area (Å²) in [6.45, 7) is 1.29. The van der Waals surface area contributed by atoms with Crippen LogP contribution >= 0.6 is 35.0 Å². The first-order chi connectivity index (χ1) is 21.0. The molecule has 0 saturated heterocycles. The summed E-state index contributed by atoms with van der Waals surface area (Å²) < 4.78 is 29.3. The van der Waals surface area contributed by atoms with Gasteiger partial charge in [0.05, 0.1) is 10.6 Å². The number of anilines is 1. The van der Waals surface area contributed by atoms with Gasteiger partial charge in [0.15, 0.2) is 0 Å². The number of rotatable bonds is 12. The highest BCUT2D eigenvalue weighted by Crippen LogP contribution is 2.28. The van der Waals surface area contributed by atoms with Gasteiger partial charge in [0.1, 0.15) is 12.6 Å². The molecule has 7 nitrogen and oxygen atoms in total. The maximum absolute atomic E-state index is 14.4. The van der Waals surface area contributed by atoms with Gasteiger partial charge in [-0.25, -0.2) is 8.42 Å². The normalized spacial score (nSPS) is 11.9. The third kappa shape index (κ3) is 8.15. The van der Waals surface area contributed by atoms with Gasteiger partial charge in [0, 0.05) is 35.0 Å². The molecule has 4 aromatic rings. The molecule has 0 aliphatic heterocycles. The number of carbonyl (C=O) groups excluding carboxylic acids is 2. The van der Waals surface area contributed by atoms with Gasteiger partial charge in [-0.3, -0.25) is 13.9 Å². The molecule has 1 atom stereocenters. The van der Waals surface area contributed by atoms with Crippen molar-refractivity contribution in [3.63, 3.8) is 0 Å². The van der Waals surface area contributed by atoms with Crippen molar-refractivity contribution in [3.8, 4) is 0 Å². The predicted molar refractivity (Wildman–Crippen MR) is 179 cm³/mol. The first kappa shape index (κ1) is 33.4. The summed E-state index contributed by atoms with van der Waals surface area (Å²) in [6.07, 6.45) is 2.10. The van der Waals surface area contributed by atoms with Crippen LogP contribution in [0.2, 0.25) is 10.0 Å². The van der Waals surface area contributed by atoms with E-state index in [-0.39, 0.29) is 17.9 Å². The van der Waals surface area contributed by atoms with Gasteiger partial charge in [-0.1, -0.05) is 77.3 Å². The number of hydrogen-bond acceptors (Lipinski definition) is 5. The van der Waals surface area contributed by atoms with E-state index in [2.05, 4.69) is 5.32 Å². The molecule has 4 aromatic carbocycles. The van der Waals surface area contributed by atoms with Gasteiger partial charge >= 0.3 is 0 Å². The van der Waals surface area contributed by atoms with E-state index >= 15 is 0 Å². The van der Waals surface area contributed by atoms with E-state index in [1.807, 2.05) is 43.5 Å². The van der Waals surface area contributed by atoms with E-state index in [1.165, 1.54) is 35.8 Å². The maximum atomic E-state index is 14.4. The van der Waals surface area contributed by atoms with Gasteiger partial charge in [0.25, 0.3) is 10.0 Å². The zero-order valence-electron chi connectivity index (χ0n) is 24.5. The Morgan fingerprint density at radius 3 is 2.16 bits per heavy atom. The summed E-state index contributed by atoms with van der Waals surface area (Å²) in [5.74, 6) is -0.977. The molecule has 0 spiro atoms. The fourth-order valence-electron chi connectivity index (χ4n) is 4.67. The molecule has 0 bridgehead atoms. The number of amides is 2. The van der Waals surface area contributed by atoms with E-state index in [1.54, 1.807) is 54.6 Å². The second kappa shape index (κ2) is 15.0. The van der Waals surface area contributed by atoms with Gasteiger partial charge in [0.2, 0.25) is 11.8 Å². The summed E-state index contributed by atoms with van der Waals surface area (Å²) in [5, 5.41) is 3.41. The molecule has 0 aliphatic carbocycles. The Morgan fingerprint density at radius 2 is 1.57 bits per heavy atom. The molecular weight excluding hydrogens is 637 g/mol. The second-order valence-electron chi connectivity index (χ2n) is 10.1. The summed E-state index contributed by atoms with van der Waals surface area (Å²) in [5.41, 5.74) is 2.65. The zero-order valence-corrected chi connectivity index (χ0v) is 27.7. The highest BCUT2D eigenvalue weighted by Gasteiger charge is 2.34. The summed E-state index contributed by atoms with van der Waals surface area (Å²) in [6, 6.07) is 26.7. The minimum atomic E-state index is -4.19. The quantitative estimate of drug-likeness (QED) is 0.172. The minimum Gasteiger partial charge on any atom is -0.357 e. The van der Waals surface area contributed by atoms with E-state index in [0.717, 1.165) is 20.3 Å². The number of sulfonamides is 1. The van der Waals surface area contributed by atoms with Crippen LogP contribution in [-0.2, 0) is 32.6 Å². The fourth-order valence-corrected chi connectivity index (χ4v) is 6.96. The second-order valence-corrected chi connectivity index (χ2v) is 13.7. The highest BCUT2D eigenvalue weighted by molar-refractivity contribution is 7.98. The Bertz CT molecular complexity index is 1700. The van der Waals surface area contributed by atoms with Crippen molar-refractivity contribution in [2.75, 3.05) is 24.2 Å². The topological polar surface area (TPSA) is 86.8 Å². The maximum Gasteiger partial charge on any atom is 0.264 e. The lowest BCUT2D eigenvalue weighted by Crippen LogP contribution is -2.53. The van der Waals surface area contributed by atoms with Crippen LogP contribution in [0.25, 0.3) is 0 Å². The molecule has 11 heteroatoms. The number of aryl methyl sites for hydroxylation is 1. The van der Waals surface area contributed by atoms with Crippen LogP contribution in [0.3, 0.4) is 0 Å². The Hall–Kier alpha value is -3.50. The molecule has 1 N–H and O–H groups in total. The smallest absolute Gasteiger partial charge is 0.264 e. The Kier molecular flexibility index (Phi) is 11.4. The lowest BCUT2D eigenvalue weighted by Gasteiger charge is -2.33. The van der Waals surface area contributed by atoms with E-state index in [9.17, 15) is 18.0 Å². The van der Waals surface area contributed by atoms with Crippen LogP contribution in [0.4, 0.5) is 5.69 Å². The van der Waals surface area contributed by atoms with Gasteiger partial charge in [-0.05, 0) is 72.8 Å². The number of hydrogen-bond donors (Lipinski definition) is 1. The van der Waals surface area contributed by atoms with Crippen LogP contribution in [0.1, 0.15) is 16.7 Å². The summed E-state index contributed by atoms with van der Waals surface area (Å²) in [4.78, 5) is 30.1. The Balaban J connectivity index is 1.80. The van der Waals surface area contributed by atoms with Crippen molar-refractivity contribution in [2.45, 2.75) is 35.7 Å². The van der Waals surface area contributed by atoms with Crippen molar-refractivity contribution in [1.82, 2.24) is 10.2 Å². The molecule has 44 heavy (non-hydrogen) atoms. The monoisotopic (exact) mass is 669 g/mol. The lowest BCUT2D eigenvalue weighted by molar-refractivity contribution is -0.139. The van der Waals surface area contributed by atoms with Crippen molar-refractivity contribution < 1.29 is 18.0 Å². The predicted octanol–water partition coefficient (Wildman–Crippen LogP) is 6.61. The van der Waals surface area contributed by atoms with E-state index in [4.69, 9.17) is 23.2 Å². The molecule has 0 unspecified atom stereocenters. The average molecular weight is 671 g/mol. The van der Waals surface area contributed by atoms with Crippen LogP contribution in [0, 0.1) is 6.92 Å². The molecule has 0 saturated carbocycles. The minimum absolute atomic E-state index is 0.0445. The van der Waals surface area contributed by atoms with Crippen molar-refractivity contribution >= 4 is 62.5 Å². The zero-order chi connectivity index (χ0) is 31.9. The Labute approximate surface area is 273 Å². The first-order valence-electron chi connectivity index (χ1n) is 13.8. The van der Waals surface area contributed by atoms with Crippen LogP contribution in [0.15, 0.2) is 107 Å². The van der Waals surface area contributed by atoms with E-state index in [0.29, 0.717) is 21.3 Å². The van der Waals surface area contributed by atoms with Crippen LogP contribution in [0.5, 0.6) is 0 Å². The molecule has 0 aromatic heterocycles. The fraction of sp³-hybridized carbons (Fsp3) is 0.212. The van der Waals surface area contributed by atoms with Crippen molar-refractivity contribution in [2.24, 2.45) is 0 Å². The lowest BCUT2D eigenvalue weighted by atomic mass is 10.0. The summed E-state index contributed by atoms with van der Waals surface area (Å²) in [7, 11) is -2.69. The van der Waals surface area contributed by atoms with Gasteiger partial charge in [-0.2, -0.15) is 0 Å². The number of nitrogens with one attached hydrogen (secondary N) is 1. The highest BCUT2D eigenvalue weighted by atomic mass is 35.5. The molecule has 0 aliphatic rings. The van der Waals surface area contributed by atoms with E-state index < -0.39 is 34.4 Å². The third-order valence-electron chi connectivity index (χ3n) is 7.12. The molecule has 2 amide bonds.